The molecule has 1 aliphatic rings. The van der Waals surface area contributed by atoms with E-state index in [1.54, 1.807) is 0 Å². The molecule has 336 valence electrons. The number of unbranched alkanes of at least 4 members (excludes halogenated alkanes) is 26. The molecule has 0 aromatic carbocycles. The van der Waals surface area contributed by atoms with Gasteiger partial charge in [0.15, 0.2) is 6.29 Å². The number of carbonyl (C=O) groups is 1. The Morgan fingerprint density at radius 1 is 0.561 bits per heavy atom. The Balaban J connectivity index is 2.18. The molecule has 1 aliphatic heterocycles. The second-order valence-electron chi connectivity index (χ2n) is 16.6. The van der Waals surface area contributed by atoms with Gasteiger partial charge in [0.05, 0.1) is 19.8 Å². The van der Waals surface area contributed by atoms with E-state index in [2.05, 4.69) is 38.2 Å². The van der Waals surface area contributed by atoms with Crippen LogP contribution in [0.15, 0.2) is 24.3 Å². The van der Waals surface area contributed by atoms with Gasteiger partial charge in [-0.2, -0.15) is 0 Å². The minimum atomic E-state index is -1.53. The van der Waals surface area contributed by atoms with Crippen molar-refractivity contribution in [1.29, 1.82) is 0 Å². The Kier molecular flexibility index (Phi) is 37.8. The lowest BCUT2D eigenvalue weighted by Crippen LogP contribution is -2.59. The SMILES string of the molecule is CCCCCCC/C=C\C/C=C\CCCCCCCCCCCCCC(=O)OC(COCCCCCCCCCCCCC)COC1OC(CO)C(O)C(O)C1O. The van der Waals surface area contributed by atoms with E-state index >= 15 is 0 Å². The Bertz CT molecular complexity index is 926. The van der Waals surface area contributed by atoms with Crippen molar-refractivity contribution < 1.29 is 44.2 Å². The summed E-state index contributed by atoms with van der Waals surface area (Å²) < 4.78 is 22.8. The van der Waals surface area contributed by atoms with Crippen molar-refractivity contribution in [2.24, 2.45) is 0 Å². The summed E-state index contributed by atoms with van der Waals surface area (Å²) in [6, 6.07) is 0. The molecule has 0 amide bonds. The van der Waals surface area contributed by atoms with Crippen LogP contribution in [0, 0.1) is 0 Å². The van der Waals surface area contributed by atoms with Crippen molar-refractivity contribution in [3.05, 3.63) is 24.3 Å². The van der Waals surface area contributed by atoms with Crippen molar-refractivity contribution in [2.45, 2.75) is 250 Å². The number of esters is 1. The quantitative estimate of drug-likeness (QED) is 0.0270. The summed E-state index contributed by atoms with van der Waals surface area (Å²) in [5, 5.41) is 40.1. The molecule has 1 saturated heterocycles. The molecule has 9 nitrogen and oxygen atoms in total. The van der Waals surface area contributed by atoms with Gasteiger partial charge in [0.25, 0.3) is 0 Å². The van der Waals surface area contributed by atoms with E-state index in [9.17, 15) is 25.2 Å². The van der Waals surface area contributed by atoms with E-state index in [1.165, 1.54) is 154 Å². The number of carbonyl (C=O) groups excluding carboxylic acids is 1. The minimum Gasteiger partial charge on any atom is -0.457 e. The molecule has 6 unspecified atom stereocenters. The lowest BCUT2D eigenvalue weighted by atomic mass is 9.99. The highest BCUT2D eigenvalue weighted by Crippen LogP contribution is 2.23. The van der Waals surface area contributed by atoms with Crippen LogP contribution < -0.4 is 0 Å². The summed E-state index contributed by atoms with van der Waals surface area (Å²) >= 11 is 0. The third-order valence-electron chi connectivity index (χ3n) is 11.1. The third-order valence-corrected chi connectivity index (χ3v) is 11.1. The first-order valence-corrected chi connectivity index (χ1v) is 23.9. The Morgan fingerprint density at radius 3 is 1.51 bits per heavy atom. The van der Waals surface area contributed by atoms with Crippen molar-refractivity contribution in [3.8, 4) is 0 Å². The van der Waals surface area contributed by atoms with Crippen molar-refractivity contribution in [3.63, 3.8) is 0 Å². The highest BCUT2D eigenvalue weighted by atomic mass is 16.7. The van der Waals surface area contributed by atoms with Crippen molar-refractivity contribution >= 4 is 5.97 Å². The second kappa shape index (κ2) is 40.1. The molecule has 1 heterocycles. The van der Waals surface area contributed by atoms with Gasteiger partial charge in [-0.25, -0.2) is 0 Å². The van der Waals surface area contributed by atoms with Crippen LogP contribution in [0.5, 0.6) is 0 Å². The molecular weight excluding hydrogens is 721 g/mol. The summed E-state index contributed by atoms with van der Waals surface area (Å²) in [7, 11) is 0. The number of ether oxygens (including phenoxy) is 4. The highest BCUT2D eigenvalue weighted by Gasteiger charge is 2.44. The fourth-order valence-corrected chi connectivity index (χ4v) is 7.35. The van der Waals surface area contributed by atoms with Gasteiger partial charge in [-0.15, -0.1) is 0 Å². The average Bonchev–Trinajstić information content (AvgIpc) is 3.21. The molecule has 6 atom stereocenters. The maximum Gasteiger partial charge on any atom is 0.306 e. The highest BCUT2D eigenvalue weighted by molar-refractivity contribution is 5.69. The summed E-state index contributed by atoms with van der Waals surface area (Å²) in [6.45, 7) is 4.57. The fourth-order valence-electron chi connectivity index (χ4n) is 7.35. The van der Waals surface area contributed by atoms with E-state index in [0.717, 1.165) is 38.5 Å². The van der Waals surface area contributed by atoms with Crippen LogP contribution >= 0.6 is 0 Å². The number of hydrogen-bond acceptors (Lipinski definition) is 9. The molecule has 0 aromatic heterocycles. The smallest absolute Gasteiger partial charge is 0.306 e. The van der Waals surface area contributed by atoms with Gasteiger partial charge >= 0.3 is 5.97 Å². The van der Waals surface area contributed by atoms with Crippen LogP contribution in [0.3, 0.4) is 0 Å². The van der Waals surface area contributed by atoms with Gasteiger partial charge in [-0.05, 0) is 44.9 Å². The largest absolute Gasteiger partial charge is 0.457 e. The summed E-state index contributed by atoms with van der Waals surface area (Å²) in [5.74, 6) is -0.313. The number of aliphatic hydroxyl groups excluding tert-OH is 4. The van der Waals surface area contributed by atoms with Crippen LogP contribution in [0.2, 0.25) is 0 Å². The molecule has 57 heavy (non-hydrogen) atoms. The van der Waals surface area contributed by atoms with Crippen molar-refractivity contribution in [2.75, 3.05) is 26.4 Å². The van der Waals surface area contributed by atoms with Crippen LogP contribution in [0.4, 0.5) is 0 Å². The Morgan fingerprint density at radius 2 is 1.02 bits per heavy atom. The molecule has 0 saturated carbocycles. The zero-order valence-corrected chi connectivity index (χ0v) is 36.9. The zero-order chi connectivity index (χ0) is 41.4. The third kappa shape index (κ3) is 31.2. The van der Waals surface area contributed by atoms with Gasteiger partial charge in [-0.1, -0.05) is 186 Å². The molecule has 0 spiro atoms. The van der Waals surface area contributed by atoms with Crippen LogP contribution in [-0.4, -0.2) is 89.6 Å². The summed E-state index contributed by atoms with van der Waals surface area (Å²) in [5.41, 5.74) is 0. The van der Waals surface area contributed by atoms with Gasteiger partial charge in [0.1, 0.15) is 30.5 Å². The molecule has 9 heteroatoms. The number of rotatable bonds is 41. The molecule has 1 rings (SSSR count). The van der Waals surface area contributed by atoms with Crippen LogP contribution in [-0.2, 0) is 23.7 Å². The predicted octanol–water partition coefficient (Wildman–Crippen LogP) is 11.0. The monoisotopic (exact) mass is 811 g/mol. The van der Waals surface area contributed by atoms with Gasteiger partial charge in [0.2, 0.25) is 0 Å². The van der Waals surface area contributed by atoms with E-state index in [0.29, 0.717) is 13.0 Å². The van der Waals surface area contributed by atoms with E-state index < -0.39 is 43.4 Å². The second-order valence-corrected chi connectivity index (χ2v) is 16.6. The standard InChI is InChI=1S/C48H90O9/c1-3-5-7-9-11-13-15-16-17-18-19-20-21-22-23-24-25-26-27-29-31-33-35-37-44(50)56-42(41-55-48-47(53)46(52)45(51)43(39-49)57-48)40-54-38-36-34-32-30-28-14-12-10-8-6-4-2/h15-16,18-19,42-43,45-49,51-53H,3-14,17,20-41H2,1-2H3/b16-15-,19-18-. The minimum absolute atomic E-state index is 0.110. The first kappa shape index (κ1) is 53.7. The van der Waals surface area contributed by atoms with Crippen LogP contribution in [0.25, 0.3) is 0 Å². The topological polar surface area (TPSA) is 135 Å². The van der Waals surface area contributed by atoms with E-state index in [1.807, 2.05) is 0 Å². The normalized spacial score (nSPS) is 20.6. The fraction of sp³-hybridized carbons (Fsp3) is 0.896. The number of aliphatic hydroxyl groups is 4. The maximum absolute atomic E-state index is 12.8. The number of hydrogen-bond donors (Lipinski definition) is 4. The zero-order valence-electron chi connectivity index (χ0n) is 36.9. The maximum atomic E-state index is 12.8. The first-order chi connectivity index (χ1) is 27.9. The summed E-state index contributed by atoms with van der Waals surface area (Å²) in [4.78, 5) is 12.8. The average molecular weight is 811 g/mol. The van der Waals surface area contributed by atoms with Crippen molar-refractivity contribution in [1.82, 2.24) is 0 Å². The van der Waals surface area contributed by atoms with Gasteiger partial charge in [-0.3, -0.25) is 4.79 Å². The van der Waals surface area contributed by atoms with Gasteiger partial charge in [0, 0.05) is 13.0 Å². The molecule has 0 aromatic rings. The predicted molar refractivity (Wildman–Crippen MR) is 233 cm³/mol. The molecule has 0 radical (unpaired) electrons. The van der Waals surface area contributed by atoms with E-state index in [4.69, 9.17) is 18.9 Å². The van der Waals surface area contributed by atoms with E-state index in [-0.39, 0.29) is 19.2 Å². The molecule has 4 N–H and O–H groups in total. The van der Waals surface area contributed by atoms with Gasteiger partial charge < -0.3 is 39.4 Å². The first-order valence-electron chi connectivity index (χ1n) is 23.9. The number of allylic oxidation sites excluding steroid dienone is 4. The lowest BCUT2D eigenvalue weighted by molar-refractivity contribution is -0.305. The summed E-state index contributed by atoms with van der Waals surface area (Å²) in [6.07, 6.45) is 39.2. The molecule has 0 bridgehead atoms. The Labute approximate surface area is 349 Å². The Hall–Kier alpha value is -1.33. The molecule has 1 fully saturated rings. The molecular formula is C48H90O9. The molecule has 0 aliphatic carbocycles. The lowest BCUT2D eigenvalue weighted by Gasteiger charge is -2.39. The van der Waals surface area contributed by atoms with Crippen LogP contribution in [0.1, 0.15) is 213 Å².